The highest BCUT2D eigenvalue weighted by atomic mass is 16.3. The molecule has 2 aliphatic rings. The maximum Gasteiger partial charge on any atom is 0.115 e. The van der Waals surface area contributed by atoms with Crippen LogP contribution in [0.1, 0.15) is 44.5 Å². The Morgan fingerprint density at radius 1 is 1.26 bits per heavy atom. The highest BCUT2D eigenvalue weighted by Gasteiger charge is 2.33. The van der Waals surface area contributed by atoms with Crippen molar-refractivity contribution in [3.8, 4) is 17.0 Å². The van der Waals surface area contributed by atoms with E-state index < -0.39 is 0 Å². The summed E-state index contributed by atoms with van der Waals surface area (Å²) >= 11 is 0. The van der Waals surface area contributed by atoms with Gasteiger partial charge in [0.05, 0.1) is 17.9 Å². The highest BCUT2D eigenvalue weighted by molar-refractivity contribution is 6.03. The fourth-order valence-electron chi connectivity index (χ4n) is 4.05. The minimum atomic E-state index is 0.102. The Morgan fingerprint density at radius 3 is 2.74 bits per heavy atom. The summed E-state index contributed by atoms with van der Waals surface area (Å²) in [5.41, 5.74) is 6.75. The number of nitrogens with one attached hydrogen (secondary N) is 1. The van der Waals surface area contributed by atoms with Crippen LogP contribution >= 0.6 is 0 Å². The van der Waals surface area contributed by atoms with Gasteiger partial charge in [0.2, 0.25) is 0 Å². The van der Waals surface area contributed by atoms with Crippen molar-refractivity contribution in [3.05, 3.63) is 47.2 Å². The summed E-state index contributed by atoms with van der Waals surface area (Å²) in [5.74, 6) is 0.274. The van der Waals surface area contributed by atoms with Crippen molar-refractivity contribution in [1.29, 1.82) is 0 Å². The van der Waals surface area contributed by atoms with Crippen LogP contribution in [0.2, 0.25) is 0 Å². The van der Waals surface area contributed by atoms with Crippen molar-refractivity contribution < 1.29 is 5.11 Å². The van der Waals surface area contributed by atoms with Gasteiger partial charge in [-0.1, -0.05) is 0 Å². The van der Waals surface area contributed by atoms with Crippen molar-refractivity contribution in [1.82, 2.24) is 15.2 Å². The lowest BCUT2D eigenvalue weighted by atomic mass is 9.94. The number of rotatable bonds is 3. The molecule has 3 heterocycles. The summed E-state index contributed by atoms with van der Waals surface area (Å²) in [7, 11) is 0. The number of benzene rings is 1. The molecule has 1 unspecified atom stereocenters. The smallest absolute Gasteiger partial charge is 0.115 e. The molecule has 2 aliphatic heterocycles. The zero-order valence-electron chi connectivity index (χ0n) is 16.6. The van der Waals surface area contributed by atoms with Gasteiger partial charge < -0.3 is 10.4 Å². The third-order valence-corrected chi connectivity index (χ3v) is 5.76. The fourth-order valence-corrected chi connectivity index (χ4v) is 4.05. The summed E-state index contributed by atoms with van der Waals surface area (Å²) in [6.45, 7) is 12.5. The van der Waals surface area contributed by atoms with Gasteiger partial charge in [0, 0.05) is 48.1 Å². The Kier molecular flexibility index (Phi) is 4.52. The fraction of sp³-hybridized carbons (Fsp3) is 0.455. The molecular weight excluding hydrogens is 336 g/mol. The first-order valence-corrected chi connectivity index (χ1v) is 9.65. The van der Waals surface area contributed by atoms with Crippen LogP contribution in [0.5, 0.6) is 5.75 Å². The molecule has 142 valence electrons. The Hall–Kier alpha value is -2.24. The van der Waals surface area contributed by atoms with Crippen molar-refractivity contribution in [2.45, 2.75) is 52.4 Å². The predicted octanol–water partition coefficient (Wildman–Crippen LogP) is 3.35. The molecule has 4 rings (SSSR count). The Bertz CT molecular complexity index is 886. The van der Waals surface area contributed by atoms with Crippen molar-refractivity contribution in [2.24, 2.45) is 4.99 Å². The molecular formula is C22H28N4O. The molecule has 0 saturated carbocycles. The second kappa shape index (κ2) is 6.73. The van der Waals surface area contributed by atoms with Gasteiger partial charge in [-0.2, -0.15) is 0 Å². The SMILES string of the molecule is CC1=NCc2nc(-c3ccc(O)cc3)cc(CN3CC(C)NCC3(C)C)c21. The second-order valence-electron chi connectivity index (χ2n) is 8.41. The number of hydrogen-bond donors (Lipinski definition) is 2. The van der Waals surface area contributed by atoms with E-state index in [4.69, 9.17) is 4.98 Å². The number of aliphatic imine (C=N–C) groups is 1. The minimum Gasteiger partial charge on any atom is -0.508 e. The van der Waals surface area contributed by atoms with Crippen LogP contribution in [0.4, 0.5) is 0 Å². The molecule has 1 fully saturated rings. The summed E-state index contributed by atoms with van der Waals surface area (Å²) in [5, 5.41) is 13.2. The van der Waals surface area contributed by atoms with E-state index >= 15 is 0 Å². The number of aromatic nitrogens is 1. The Morgan fingerprint density at radius 2 is 2.00 bits per heavy atom. The molecule has 0 radical (unpaired) electrons. The van der Waals surface area contributed by atoms with Gasteiger partial charge in [-0.25, -0.2) is 0 Å². The number of fused-ring (bicyclic) bond motifs is 1. The normalized spacial score (nSPS) is 21.8. The molecule has 0 spiro atoms. The number of pyridine rings is 1. The lowest BCUT2D eigenvalue weighted by molar-refractivity contribution is 0.0626. The standard InChI is InChI=1S/C22H28N4O/c1-14-11-26(22(3,4)13-24-14)12-17-9-19(16-5-7-18(27)8-6-16)25-20-10-23-15(2)21(17)20/h5-9,14,24,27H,10-13H2,1-4H3. The molecule has 1 aromatic carbocycles. The maximum absolute atomic E-state index is 9.60. The third-order valence-electron chi connectivity index (χ3n) is 5.76. The van der Waals surface area contributed by atoms with Crippen LogP contribution < -0.4 is 5.32 Å². The van der Waals surface area contributed by atoms with E-state index in [0.29, 0.717) is 12.6 Å². The van der Waals surface area contributed by atoms with Crippen molar-refractivity contribution >= 4 is 5.71 Å². The monoisotopic (exact) mass is 364 g/mol. The lowest BCUT2D eigenvalue weighted by Crippen LogP contribution is -2.60. The zero-order valence-corrected chi connectivity index (χ0v) is 16.6. The summed E-state index contributed by atoms with van der Waals surface area (Å²) < 4.78 is 0. The van der Waals surface area contributed by atoms with Gasteiger partial charge >= 0.3 is 0 Å². The van der Waals surface area contributed by atoms with Crippen LogP contribution in [-0.4, -0.2) is 45.4 Å². The number of aromatic hydroxyl groups is 1. The molecule has 0 aliphatic carbocycles. The number of phenols is 1. The van der Waals surface area contributed by atoms with Crippen LogP contribution in [0, 0.1) is 0 Å². The van der Waals surface area contributed by atoms with E-state index in [2.05, 4.69) is 49.0 Å². The van der Waals surface area contributed by atoms with E-state index in [0.717, 1.165) is 42.3 Å². The molecule has 1 aromatic heterocycles. The number of nitrogens with zero attached hydrogens (tertiary/aromatic N) is 3. The molecule has 5 nitrogen and oxygen atoms in total. The molecule has 27 heavy (non-hydrogen) atoms. The number of phenolic OH excluding ortho intramolecular Hbond substituents is 1. The van der Waals surface area contributed by atoms with Gasteiger partial charge in [-0.05, 0) is 63.6 Å². The molecule has 0 bridgehead atoms. The molecule has 2 aromatic rings. The van der Waals surface area contributed by atoms with Crippen molar-refractivity contribution in [3.63, 3.8) is 0 Å². The van der Waals surface area contributed by atoms with Gasteiger partial charge in [-0.15, -0.1) is 0 Å². The largest absolute Gasteiger partial charge is 0.508 e. The van der Waals surface area contributed by atoms with Gasteiger partial charge in [0.15, 0.2) is 0 Å². The molecule has 1 saturated heterocycles. The maximum atomic E-state index is 9.60. The van der Waals surface area contributed by atoms with E-state index in [1.165, 1.54) is 11.1 Å². The molecule has 1 atom stereocenters. The Labute approximate surface area is 161 Å². The van der Waals surface area contributed by atoms with E-state index in [-0.39, 0.29) is 11.3 Å². The van der Waals surface area contributed by atoms with E-state index in [1.54, 1.807) is 12.1 Å². The first kappa shape index (κ1) is 18.1. The summed E-state index contributed by atoms with van der Waals surface area (Å²) in [4.78, 5) is 12.1. The number of hydrogen-bond acceptors (Lipinski definition) is 5. The third kappa shape index (κ3) is 3.49. The van der Waals surface area contributed by atoms with Crippen molar-refractivity contribution in [2.75, 3.05) is 13.1 Å². The van der Waals surface area contributed by atoms with Gasteiger partial charge in [0.1, 0.15) is 5.75 Å². The zero-order chi connectivity index (χ0) is 19.2. The first-order valence-electron chi connectivity index (χ1n) is 9.65. The first-order chi connectivity index (χ1) is 12.8. The van der Waals surface area contributed by atoms with E-state index in [1.807, 2.05) is 12.1 Å². The lowest BCUT2D eigenvalue weighted by Gasteiger charge is -2.45. The topological polar surface area (TPSA) is 60.8 Å². The second-order valence-corrected chi connectivity index (χ2v) is 8.41. The minimum absolute atomic E-state index is 0.102. The molecule has 5 heteroatoms. The quantitative estimate of drug-likeness (QED) is 0.877. The molecule has 2 N–H and O–H groups in total. The average Bonchev–Trinajstić information content (AvgIpc) is 3.00. The van der Waals surface area contributed by atoms with Crippen LogP contribution in [0.15, 0.2) is 35.3 Å². The predicted molar refractivity (Wildman–Crippen MR) is 109 cm³/mol. The van der Waals surface area contributed by atoms with Gasteiger partial charge in [0.25, 0.3) is 0 Å². The average molecular weight is 364 g/mol. The molecule has 0 amide bonds. The highest BCUT2D eigenvalue weighted by Crippen LogP contribution is 2.31. The van der Waals surface area contributed by atoms with Crippen LogP contribution in [0.3, 0.4) is 0 Å². The van der Waals surface area contributed by atoms with Gasteiger partial charge in [-0.3, -0.25) is 14.9 Å². The van der Waals surface area contributed by atoms with Crippen LogP contribution in [-0.2, 0) is 13.1 Å². The Balaban J connectivity index is 1.74. The van der Waals surface area contributed by atoms with Crippen LogP contribution in [0.25, 0.3) is 11.3 Å². The van der Waals surface area contributed by atoms with E-state index in [9.17, 15) is 5.11 Å². The summed E-state index contributed by atoms with van der Waals surface area (Å²) in [6, 6.07) is 9.97. The number of piperazine rings is 1. The summed E-state index contributed by atoms with van der Waals surface area (Å²) in [6.07, 6.45) is 0.